The van der Waals surface area contributed by atoms with Gasteiger partial charge in [-0.2, -0.15) is 0 Å². The Balaban J connectivity index is 2.29. The number of para-hydroxylation sites is 1. The molecule has 0 atom stereocenters. The second kappa shape index (κ2) is 5.04. The van der Waals surface area contributed by atoms with E-state index in [4.69, 9.17) is 5.73 Å². The van der Waals surface area contributed by atoms with Crippen LogP contribution in [0.1, 0.15) is 38.2 Å². The number of halogens is 3. The van der Waals surface area contributed by atoms with Gasteiger partial charge in [0.05, 0.1) is 0 Å². The molecule has 0 heterocycles. The van der Waals surface area contributed by atoms with Crippen molar-refractivity contribution in [3.63, 3.8) is 0 Å². The molecule has 0 aromatic heterocycles. The molecule has 1 saturated carbocycles. The third-order valence-corrected chi connectivity index (χ3v) is 3.82. The highest BCUT2D eigenvalue weighted by Crippen LogP contribution is 2.42. The monoisotopic (exact) mass is 273 g/mol. The highest BCUT2D eigenvalue weighted by molar-refractivity contribution is 5.39. The predicted octanol–water partition coefficient (Wildman–Crippen LogP) is 3.95. The average Bonchev–Trinajstić information content (AvgIpc) is 2.32. The molecule has 19 heavy (non-hydrogen) atoms. The summed E-state index contributed by atoms with van der Waals surface area (Å²) in [4.78, 5) is 0. The van der Waals surface area contributed by atoms with Gasteiger partial charge in [0.2, 0.25) is 0 Å². The summed E-state index contributed by atoms with van der Waals surface area (Å²) in [5, 5.41) is 0. The van der Waals surface area contributed by atoms with Gasteiger partial charge >= 0.3 is 6.36 Å². The molecule has 2 N–H and O–H groups in total. The van der Waals surface area contributed by atoms with Gasteiger partial charge in [-0.15, -0.1) is 13.2 Å². The Kier molecular flexibility index (Phi) is 3.76. The largest absolute Gasteiger partial charge is 0.573 e. The summed E-state index contributed by atoms with van der Waals surface area (Å²) < 4.78 is 41.3. The van der Waals surface area contributed by atoms with E-state index in [1.807, 2.05) is 0 Å². The number of hydrogen-bond donors (Lipinski definition) is 1. The molecule has 0 amide bonds. The summed E-state index contributed by atoms with van der Waals surface area (Å²) in [6.07, 6.45) is -1.46. The maximum atomic E-state index is 12.4. The molecule has 5 heteroatoms. The van der Waals surface area contributed by atoms with Gasteiger partial charge in [0.25, 0.3) is 0 Å². The molecule has 2 rings (SSSR count). The van der Waals surface area contributed by atoms with Crippen molar-refractivity contribution in [3.05, 3.63) is 29.8 Å². The highest BCUT2D eigenvalue weighted by Gasteiger charge is 2.38. The van der Waals surface area contributed by atoms with E-state index in [-0.39, 0.29) is 5.75 Å². The van der Waals surface area contributed by atoms with Crippen molar-refractivity contribution in [1.29, 1.82) is 0 Å². The summed E-state index contributed by atoms with van der Waals surface area (Å²) in [6, 6.07) is 6.19. The Morgan fingerprint density at radius 3 is 2.37 bits per heavy atom. The van der Waals surface area contributed by atoms with Crippen LogP contribution in [-0.4, -0.2) is 6.36 Å². The third kappa shape index (κ3) is 3.41. The molecular formula is C14H18F3NO. The first-order chi connectivity index (χ1) is 8.80. The Morgan fingerprint density at radius 2 is 1.79 bits per heavy atom. The summed E-state index contributed by atoms with van der Waals surface area (Å²) in [5.41, 5.74) is 6.06. The van der Waals surface area contributed by atoms with Crippen LogP contribution in [0.5, 0.6) is 5.75 Å². The van der Waals surface area contributed by atoms with Gasteiger partial charge in [0, 0.05) is 11.1 Å². The molecule has 106 valence electrons. The van der Waals surface area contributed by atoms with Gasteiger partial charge in [-0.25, -0.2) is 0 Å². The maximum Gasteiger partial charge on any atom is 0.573 e. The molecule has 0 radical (unpaired) electrons. The van der Waals surface area contributed by atoms with Crippen LogP contribution in [0.15, 0.2) is 24.3 Å². The molecule has 0 spiro atoms. The van der Waals surface area contributed by atoms with Crippen molar-refractivity contribution < 1.29 is 17.9 Å². The van der Waals surface area contributed by atoms with Crippen LogP contribution < -0.4 is 10.5 Å². The summed E-state index contributed by atoms with van der Waals surface area (Å²) in [7, 11) is 0. The fourth-order valence-electron chi connectivity index (χ4n) is 2.64. The van der Waals surface area contributed by atoms with Gasteiger partial charge in [-0.1, -0.05) is 25.1 Å². The van der Waals surface area contributed by atoms with E-state index in [9.17, 15) is 13.2 Å². The lowest BCUT2D eigenvalue weighted by atomic mass is 9.73. The second-order valence-corrected chi connectivity index (χ2v) is 5.38. The van der Waals surface area contributed by atoms with Gasteiger partial charge in [0.1, 0.15) is 5.75 Å². The van der Waals surface area contributed by atoms with Crippen molar-refractivity contribution in [3.8, 4) is 5.75 Å². The number of nitrogens with two attached hydrogens (primary N) is 1. The number of benzene rings is 1. The first-order valence-electron chi connectivity index (χ1n) is 6.44. The average molecular weight is 273 g/mol. The van der Waals surface area contributed by atoms with Crippen molar-refractivity contribution in [2.45, 2.75) is 44.5 Å². The van der Waals surface area contributed by atoms with E-state index in [0.717, 1.165) is 12.8 Å². The van der Waals surface area contributed by atoms with Gasteiger partial charge in [0.15, 0.2) is 0 Å². The second-order valence-electron chi connectivity index (χ2n) is 5.38. The molecule has 1 fully saturated rings. The highest BCUT2D eigenvalue weighted by atomic mass is 19.4. The van der Waals surface area contributed by atoms with Gasteiger partial charge in [-0.3, -0.25) is 0 Å². The molecule has 1 aliphatic carbocycles. The maximum absolute atomic E-state index is 12.4. The van der Waals surface area contributed by atoms with E-state index in [1.54, 1.807) is 12.1 Å². The minimum absolute atomic E-state index is 0.174. The summed E-state index contributed by atoms with van der Waals surface area (Å²) in [6.45, 7) is 2.14. The van der Waals surface area contributed by atoms with Crippen LogP contribution in [0.25, 0.3) is 0 Å². The van der Waals surface area contributed by atoms with Crippen LogP contribution in [0.2, 0.25) is 0 Å². The van der Waals surface area contributed by atoms with E-state index >= 15 is 0 Å². The Morgan fingerprint density at radius 1 is 1.21 bits per heavy atom. The molecule has 1 aromatic carbocycles. The number of ether oxygens (including phenoxy) is 1. The minimum Gasteiger partial charge on any atom is -0.405 e. The quantitative estimate of drug-likeness (QED) is 0.885. The first kappa shape index (κ1) is 14.2. The molecule has 0 unspecified atom stereocenters. The lowest BCUT2D eigenvalue weighted by Crippen LogP contribution is -2.40. The molecular weight excluding hydrogens is 255 g/mol. The normalized spacial score (nSPS) is 28.2. The number of hydrogen-bond acceptors (Lipinski definition) is 2. The molecule has 0 aliphatic heterocycles. The number of alkyl halides is 3. The zero-order valence-electron chi connectivity index (χ0n) is 10.8. The molecule has 1 aromatic rings. The molecule has 1 aliphatic rings. The van der Waals surface area contributed by atoms with Gasteiger partial charge in [-0.05, 0) is 37.7 Å². The van der Waals surface area contributed by atoms with E-state index in [2.05, 4.69) is 11.7 Å². The van der Waals surface area contributed by atoms with E-state index in [1.165, 1.54) is 12.1 Å². The zero-order valence-corrected chi connectivity index (χ0v) is 10.8. The minimum atomic E-state index is -4.69. The summed E-state index contributed by atoms with van der Waals surface area (Å²) in [5.74, 6) is 0.402. The van der Waals surface area contributed by atoms with Crippen molar-refractivity contribution in [1.82, 2.24) is 0 Å². The smallest absolute Gasteiger partial charge is 0.405 e. The van der Waals surface area contributed by atoms with E-state index < -0.39 is 11.9 Å². The SMILES string of the molecule is CC1CCC(N)(c2ccccc2OC(F)(F)F)CC1. The Bertz CT molecular complexity index is 437. The number of rotatable bonds is 2. The van der Waals surface area contributed by atoms with Crippen LogP contribution in [-0.2, 0) is 5.54 Å². The molecule has 0 bridgehead atoms. The Labute approximate surface area is 110 Å². The van der Waals surface area contributed by atoms with Crippen LogP contribution in [0.4, 0.5) is 13.2 Å². The Hall–Kier alpha value is -1.23. The standard InChI is InChI=1S/C14H18F3NO/c1-10-6-8-13(18,9-7-10)11-4-2-3-5-12(11)19-14(15,16)17/h2-5,10H,6-9,18H2,1H3. The van der Waals surface area contributed by atoms with Crippen molar-refractivity contribution in [2.75, 3.05) is 0 Å². The lowest BCUT2D eigenvalue weighted by molar-refractivity contribution is -0.275. The molecule has 2 nitrogen and oxygen atoms in total. The lowest BCUT2D eigenvalue weighted by Gasteiger charge is -2.37. The summed E-state index contributed by atoms with van der Waals surface area (Å²) >= 11 is 0. The zero-order chi connectivity index (χ0) is 14.1. The molecule has 0 saturated heterocycles. The third-order valence-electron chi connectivity index (χ3n) is 3.82. The van der Waals surface area contributed by atoms with Crippen LogP contribution >= 0.6 is 0 Å². The van der Waals surface area contributed by atoms with Crippen molar-refractivity contribution in [2.24, 2.45) is 11.7 Å². The van der Waals surface area contributed by atoms with Crippen LogP contribution in [0.3, 0.4) is 0 Å². The van der Waals surface area contributed by atoms with E-state index in [0.29, 0.717) is 24.3 Å². The van der Waals surface area contributed by atoms with Crippen molar-refractivity contribution >= 4 is 0 Å². The fourth-order valence-corrected chi connectivity index (χ4v) is 2.64. The van der Waals surface area contributed by atoms with Crippen LogP contribution in [0, 0.1) is 5.92 Å². The first-order valence-corrected chi connectivity index (χ1v) is 6.44. The topological polar surface area (TPSA) is 35.2 Å². The van der Waals surface area contributed by atoms with Gasteiger partial charge < -0.3 is 10.5 Å². The fraction of sp³-hybridized carbons (Fsp3) is 0.571. The predicted molar refractivity (Wildman–Crippen MR) is 66.6 cm³/mol.